The predicted octanol–water partition coefficient (Wildman–Crippen LogP) is 3.83. The molecule has 0 amide bonds. The third kappa shape index (κ3) is 5.44. The summed E-state index contributed by atoms with van der Waals surface area (Å²) in [4.78, 5) is -0.986. The molecule has 1 aromatic carbocycles. The van der Waals surface area contributed by atoms with Crippen LogP contribution in [0.1, 0.15) is 68.9 Å². The number of nitrogens with zero attached hydrogens (tertiary/aromatic N) is 3. The van der Waals surface area contributed by atoms with Crippen LogP contribution in [-0.4, -0.2) is 42.1 Å². The normalized spacial score (nSPS) is 23.7. The zero-order chi connectivity index (χ0) is 24.5. The van der Waals surface area contributed by atoms with Gasteiger partial charge in [-0.15, -0.1) is 10.2 Å². The van der Waals surface area contributed by atoms with Crippen molar-refractivity contribution in [3.63, 3.8) is 0 Å². The maximum absolute atomic E-state index is 13.7. The summed E-state index contributed by atoms with van der Waals surface area (Å²) in [5, 5.41) is 21.9. The number of rotatable bonds is 6. The van der Waals surface area contributed by atoms with Crippen LogP contribution in [0.5, 0.6) is 0 Å². The van der Waals surface area contributed by atoms with Gasteiger partial charge in [0.1, 0.15) is 4.90 Å². The summed E-state index contributed by atoms with van der Waals surface area (Å²) < 4.78 is 65.9. The third-order valence-corrected chi connectivity index (χ3v) is 8.52. The number of benzene rings is 1. The second-order valence-electron chi connectivity index (χ2n) is 9.70. The van der Waals surface area contributed by atoms with Crippen molar-refractivity contribution in [2.24, 2.45) is 22.9 Å². The fourth-order valence-corrected chi connectivity index (χ4v) is 6.78. The number of nitrogens with two attached hydrogens (primary N) is 1. The highest BCUT2D eigenvalue weighted by molar-refractivity contribution is 7.89. The number of halogens is 3. The molecule has 2 heterocycles. The van der Waals surface area contributed by atoms with Crippen LogP contribution in [0.3, 0.4) is 0 Å². The van der Waals surface area contributed by atoms with E-state index in [2.05, 4.69) is 32.9 Å². The van der Waals surface area contributed by atoms with Gasteiger partial charge in [0.25, 0.3) is 0 Å². The van der Waals surface area contributed by atoms with Gasteiger partial charge in [0, 0.05) is 5.56 Å². The van der Waals surface area contributed by atoms with Gasteiger partial charge < -0.3 is 5.32 Å². The number of nitrogens with one attached hydrogen (secondary N) is 2. The summed E-state index contributed by atoms with van der Waals surface area (Å²) in [6.07, 6.45) is 2.03. The summed E-state index contributed by atoms with van der Waals surface area (Å²) in [6, 6.07) is 2.16. The highest BCUT2D eigenvalue weighted by Crippen LogP contribution is 2.46. The molecule has 0 radical (unpaired) electrons. The number of piperidine rings is 1. The van der Waals surface area contributed by atoms with Crippen LogP contribution in [-0.2, 0) is 16.2 Å². The van der Waals surface area contributed by atoms with Crippen molar-refractivity contribution >= 4 is 10.0 Å². The Morgan fingerprint density at radius 2 is 1.79 bits per heavy atom. The second kappa shape index (κ2) is 9.90. The largest absolute Gasteiger partial charge is 0.417 e. The Labute approximate surface area is 197 Å². The fourth-order valence-electron chi connectivity index (χ4n) is 5.80. The van der Waals surface area contributed by atoms with Crippen molar-refractivity contribution in [2.75, 3.05) is 13.1 Å². The lowest BCUT2D eigenvalue weighted by Crippen LogP contribution is -2.31. The fraction of sp³-hybridized carbons (Fsp3) is 0.682. The molecular formula is C22H31F3N6O2S. The van der Waals surface area contributed by atoms with Gasteiger partial charge in [0.2, 0.25) is 15.8 Å². The molecule has 4 rings (SSSR count). The van der Waals surface area contributed by atoms with Crippen molar-refractivity contribution in [1.29, 1.82) is 0 Å². The highest BCUT2D eigenvalue weighted by Gasteiger charge is 2.41. The Balaban J connectivity index is 1.60. The number of H-pyrrole nitrogens is 1. The molecule has 1 aliphatic carbocycles. The SMILES string of the molecule is CC(CC1CCC(c2ccc(C(F)(F)F)c(S(N)(=O)=O)c2-c2nn[nH]n2)CC1)C1CCNCC1. The van der Waals surface area contributed by atoms with E-state index in [-0.39, 0.29) is 17.3 Å². The Morgan fingerprint density at radius 1 is 1.12 bits per heavy atom. The molecule has 188 valence electrons. The number of hydrogen-bond donors (Lipinski definition) is 3. The van der Waals surface area contributed by atoms with Crippen LogP contribution in [0.2, 0.25) is 0 Å². The molecule has 8 nitrogen and oxygen atoms in total. The van der Waals surface area contributed by atoms with Crippen LogP contribution in [0.25, 0.3) is 11.4 Å². The van der Waals surface area contributed by atoms with E-state index in [1.54, 1.807) is 0 Å². The molecule has 4 N–H and O–H groups in total. The molecule has 2 fully saturated rings. The molecule has 2 aromatic rings. The Hall–Kier alpha value is -2.05. The first-order chi connectivity index (χ1) is 16.1. The zero-order valence-electron chi connectivity index (χ0n) is 19.1. The second-order valence-corrected chi connectivity index (χ2v) is 11.2. The lowest BCUT2D eigenvalue weighted by Gasteiger charge is -2.34. The van der Waals surface area contributed by atoms with E-state index in [0.29, 0.717) is 17.4 Å². The van der Waals surface area contributed by atoms with Gasteiger partial charge in [-0.2, -0.15) is 18.4 Å². The molecule has 1 aliphatic heterocycles. The number of hydrogen-bond acceptors (Lipinski definition) is 6. The standard InChI is InChI=1S/C22H31F3N6O2S/c1-13(15-8-10-27-11-9-15)12-14-2-4-16(5-3-14)17-6-7-18(22(23,24)25)20(34(26,32)33)19(17)21-28-30-31-29-21/h6-7,13-16,27H,2-5,8-12H2,1H3,(H2,26,32,33)(H,28,29,30,31). The van der Waals surface area contributed by atoms with E-state index in [1.807, 2.05) is 0 Å². The average molecular weight is 501 g/mol. The van der Waals surface area contributed by atoms with Crippen LogP contribution in [0.4, 0.5) is 13.2 Å². The van der Waals surface area contributed by atoms with E-state index in [0.717, 1.165) is 57.2 Å². The molecule has 1 saturated heterocycles. The third-order valence-electron chi connectivity index (χ3n) is 7.53. The van der Waals surface area contributed by atoms with Crippen molar-refractivity contribution < 1.29 is 21.6 Å². The minimum absolute atomic E-state index is 0.110. The van der Waals surface area contributed by atoms with Gasteiger partial charge in [-0.3, -0.25) is 0 Å². The highest BCUT2D eigenvalue weighted by atomic mass is 32.2. The molecule has 34 heavy (non-hydrogen) atoms. The van der Waals surface area contributed by atoms with E-state index < -0.39 is 26.7 Å². The van der Waals surface area contributed by atoms with Gasteiger partial charge in [0.05, 0.1) is 5.56 Å². The molecule has 1 unspecified atom stereocenters. The number of sulfonamides is 1. The predicted molar refractivity (Wildman–Crippen MR) is 120 cm³/mol. The maximum atomic E-state index is 13.7. The van der Waals surface area contributed by atoms with Crippen LogP contribution < -0.4 is 10.5 Å². The lowest BCUT2D eigenvalue weighted by atomic mass is 9.72. The maximum Gasteiger partial charge on any atom is 0.417 e. The first-order valence-corrected chi connectivity index (χ1v) is 13.3. The quantitative estimate of drug-likeness (QED) is 0.553. The Kier molecular flexibility index (Phi) is 7.30. The molecule has 2 aliphatic rings. The van der Waals surface area contributed by atoms with Gasteiger partial charge in [-0.1, -0.05) is 13.0 Å². The zero-order valence-corrected chi connectivity index (χ0v) is 19.9. The van der Waals surface area contributed by atoms with Crippen LogP contribution in [0.15, 0.2) is 17.0 Å². The van der Waals surface area contributed by atoms with E-state index in [9.17, 15) is 21.6 Å². The summed E-state index contributed by atoms with van der Waals surface area (Å²) in [7, 11) is -4.72. The molecule has 1 atom stereocenters. The minimum Gasteiger partial charge on any atom is -0.317 e. The average Bonchev–Trinajstić information content (AvgIpc) is 3.33. The van der Waals surface area contributed by atoms with Crippen LogP contribution in [0, 0.1) is 17.8 Å². The minimum atomic E-state index is -4.90. The van der Waals surface area contributed by atoms with Crippen molar-refractivity contribution in [3.8, 4) is 11.4 Å². The number of alkyl halides is 3. The monoisotopic (exact) mass is 500 g/mol. The van der Waals surface area contributed by atoms with Crippen LogP contribution >= 0.6 is 0 Å². The molecule has 1 aromatic heterocycles. The number of tetrazole rings is 1. The summed E-state index contributed by atoms with van der Waals surface area (Å²) in [6.45, 7) is 4.46. The van der Waals surface area contributed by atoms with Crippen molar-refractivity contribution in [1.82, 2.24) is 25.9 Å². The van der Waals surface area contributed by atoms with Gasteiger partial charge in [-0.25, -0.2) is 13.6 Å². The topological polar surface area (TPSA) is 127 Å². The molecule has 12 heteroatoms. The molecule has 0 bridgehead atoms. The Morgan fingerprint density at radius 3 is 2.35 bits per heavy atom. The summed E-state index contributed by atoms with van der Waals surface area (Å²) in [5.41, 5.74) is -1.04. The molecule has 0 spiro atoms. The Bertz CT molecular complexity index is 1080. The van der Waals surface area contributed by atoms with Gasteiger partial charge in [0.15, 0.2) is 0 Å². The van der Waals surface area contributed by atoms with Crippen molar-refractivity contribution in [2.45, 2.75) is 68.9 Å². The molecular weight excluding hydrogens is 469 g/mol. The number of aromatic nitrogens is 4. The number of primary sulfonamides is 1. The van der Waals surface area contributed by atoms with Crippen molar-refractivity contribution in [3.05, 3.63) is 23.3 Å². The van der Waals surface area contributed by atoms with E-state index in [1.165, 1.54) is 18.9 Å². The first-order valence-electron chi connectivity index (χ1n) is 11.8. The van der Waals surface area contributed by atoms with E-state index in [4.69, 9.17) is 5.14 Å². The molecule has 1 saturated carbocycles. The summed E-state index contributed by atoms with van der Waals surface area (Å²) >= 11 is 0. The van der Waals surface area contributed by atoms with Gasteiger partial charge >= 0.3 is 6.18 Å². The lowest BCUT2D eigenvalue weighted by molar-refractivity contribution is -0.139. The number of aromatic amines is 1. The van der Waals surface area contributed by atoms with E-state index >= 15 is 0 Å². The summed E-state index contributed by atoms with van der Waals surface area (Å²) in [5.74, 6) is 1.62. The van der Waals surface area contributed by atoms with Gasteiger partial charge in [-0.05, 0) is 98.6 Å². The smallest absolute Gasteiger partial charge is 0.317 e. The first kappa shape index (κ1) is 25.1.